The minimum atomic E-state index is -3.18. The van der Waals surface area contributed by atoms with Gasteiger partial charge in [0.2, 0.25) is 0 Å². The number of fused-ring (bicyclic) bond motifs is 1. The van der Waals surface area contributed by atoms with Crippen LogP contribution in [0, 0.1) is 0 Å². The third-order valence-corrected chi connectivity index (χ3v) is 6.79. The van der Waals surface area contributed by atoms with Crippen molar-refractivity contribution in [3.63, 3.8) is 0 Å². The van der Waals surface area contributed by atoms with Gasteiger partial charge in [-0.15, -0.1) is 0 Å². The summed E-state index contributed by atoms with van der Waals surface area (Å²) in [5.74, 6) is -0.595. The zero-order valence-electron chi connectivity index (χ0n) is 14.1. The molecule has 0 bridgehead atoms. The summed E-state index contributed by atoms with van der Waals surface area (Å²) in [6, 6.07) is 19.1. The molecule has 0 aliphatic carbocycles. The van der Waals surface area contributed by atoms with E-state index in [0.717, 1.165) is 11.1 Å². The molecular weight excluding hydrogens is 350 g/mol. The average molecular weight is 369 g/mol. The molecule has 6 heteroatoms. The maximum atomic E-state index is 12.8. The highest BCUT2D eigenvalue weighted by atomic mass is 32.2. The molecule has 1 fully saturated rings. The average Bonchev–Trinajstić information content (AvgIpc) is 2.62. The fourth-order valence-electron chi connectivity index (χ4n) is 3.39. The Labute approximate surface area is 152 Å². The van der Waals surface area contributed by atoms with E-state index < -0.39 is 27.3 Å². The van der Waals surface area contributed by atoms with E-state index in [9.17, 15) is 13.2 Å². The van der Waals surface area contributed by atoms with Gasteiger partial charge in [0.15, 0.2) is 15.9 Å². The van der Waals surface area contributed by atoms with Crippen LogP contribution in [-0.4, -0.2) is 37.0 Å². The van der Waals surface area contributed by atoms with Crippen LogP contribution in [0.4, 0.5) is 0 Å². The number of hydrogen-bond donors (Lipinski definition) is 0. The lowest BCUT2D eigenvalue weighted by atomic mass is 10.0. The first-order valence-corrected chi connectivity index (χ1v) is 10.3. The highest BCUT2D eigenvalue weighted by Gasteiger charge is 2.44. The van der Waals surface area contributed by atoms with Gasteiger partial charge in [-0.05, 0) is 23.6 Å². The molecule has 2 aliphatic rings. The van der Waals surface area contributed by atoms with Crippen molar-refractivity contribution in [1.82, 2.24) is 4.90 Å². The number of carbonyl (C=O) groups excluding carboxylic acids is 1. The van der Waals surface area contributed by atoms with Gasteiger partial charge in [-0.2, -0.15) is 0 Å². The summed E-state index contributed by atoms with van der Waals surface area (Å²) in [7, 11) is -3.18. The van der Waals surface area contributed by atoms with Gasteiger partial charge in [0.25, 0.3) is 0 Å². The van der Waals surface area contributed by atoms with Gasteiger partial charge in [-0.1, -0.05) is 60.7 Å². The molecule has 0 amide bonds. The third kappa shape index (κ3) is 3.01. The zero-order valence-corrected chi connectivity index (χ0v) is 14.9. The summed E-state index contributed by atoms with van der Waals surface area (Å²) in [4.78, 5) is 14.5. The number of sulfone groups is 1. The second kappa shape index (κ2) is 6.61. The predicted octanol–water partition coefficient (Wildman–Crippen LogP) is 2.66. The van der Waals surface area contributed by atoms with Gasteiger partial charge in [-0.25, -0.2) is 13.2 Å². The number of benzene rings is 2. The molecule has 134 valence electrons. The Morgan fingerprint density at radius 3 is 2.08 bits per heavy atom. The van der Waals surface area contributed by atoms with E-state index in [-0.39, 0.29) is 5.75 Å². The summed E-state index contributed by atoms with van der Waals surface area (Å²) in [6.07, 6.45) is 1.50. The van der Waals surface area contributed by atoms with Crippen molar-refractivity contribution in [2.45, 2.75) is 17.9 Å². The monoisotopic (exact) mass is 369 g/mol. The molecule has 0 saturated carbocycles. The minimum absolute atomic E-state index is 0.111. The van der Waals surface area contributed by atoms with Crippen LogP contribution in [0.25, 0.3) is 0 Å². The third-order valence-electron chi connectivity index (χ3n) is 4.84. The largest absolute Gasteiger partial charge is 0.448 e. The minimum Gasteiger partial charge on any atom is -0.448 e. The molecule has 5 nitrogen and oxygen atoms in total. The summed E-state index contributed by atoms with van der Waals surface area (Å²) < 4.78 is 29.9. The summed E-state index contributed by atoms with van der Waals surface area (Å²) in [6.45, 7) is 0.562. The standard InChI is InChI=1S/C20H19NO4S/c22-20(17-12-14-26(23,24)18-11-13-21(17)18)25-19(15-7-3-1-4-8-15)16-9-5-2-6-10-16/h1-10,12,18-19H,11,13-14H2. The lowest BCUT2D eigenvalue weighted by Gasteiger charge is -2.44. The molecule has 1 saturated heterocycles. The number of nitrogens with zero attached hydrogens (tertiary/aromatic N) is 1. The maximum Gasteiger partial charge on any atom is 0.355 e. The Kier molecular flexibility index (Phi) is 4.28. The Morgan fingerprint density at radius 1 is 1.00 bits per heavy atom. The fourth-order valence-corrected chi connectivity index (χ4v) is 5.07. The van der Waals surface area contributed by atoms with Crippen molar-refractivity contribution in [2.24, 2.45) is 0 Å². The van der Waals surface area contributed by atoms with E-state index in [4.69, 9.17) is 4.74 Å². The van der Waals surface area contributed by atoms with Crippen molar-refractivity contribution >= 4 is 15.8 Å². The van der Waals surface area contributed by atoms with Crippen LogP contribution < -0.4 is 0 Å². The molecular formula is C20H19NO4S. The molecule has 1 atom stereocenters. The van der Waals surface area contributed by atoms with Crippen LogP contribution in [-0.2, 0) is 19.4 Å². The predicted molar refractivity (Wildman–Crippen MR) is 97.8 cm³/mol. The molecule has 2 aliphatic heterocycles. The Balaban J connectivity index is 1.62. The molecule has 1 unspecified atom stereocenters. The van der Waals surface area contributed by atoms with Gasteiger partial charge in [0.1, 0.15) is 11.1 Å². The van der Waals surface area contributed by atoms with Crippen LogP contribution in [0.3, 0.4) is 0 Å². The molecule has 0 spiro atoms. The van der Waals surface area contributed by atoms with E-state index in [1.54, 1.807) is 4.90 Å². The number of rotatable bonds is 4. The molecule has 0 radical (unpaired) electrons. The number of carbonyl (C=O) groups is 1. The normalized spacial score (nSPS) is 20.7. The molecule has 2 aromatic rings. The fraction of sp³-hybridized carbons (Fsp3) is 0.250. The lowest BCUT2D eigenvalue weighted by molar-refractivity contribution is -0.145. The van der Waals surface area contributed by atoms with Gasteiger partial charge < -0.3 is 9.64 Å². The highest BCUT2D eigenvalue weighted by Crippen LogP contribution is 2.34. The molecule has 0 N–H and O–H groups in total. The molecule has 0 aromatic heterocycles. The van der Waals surface area contributed by atoms with Crippen molar-refractivity contribution in [2.75, 3.05) is 12.3 Å². The van der Waals surface area contributed by atoms with E-state index in [2.05, 4.69) is 0 Å². The van der Waals surface area contributed by atoms with Crippen LogP contribution in [0.2, 0.25) is 0 Å². The van der Waals surface area contributed by atoms with E-state index >= 15 is 0 Å². The SMILES string of the molecule is O=C(OC(c1ccccc1)c1ccccc1)C1=CCS(=O)(=O)C2CCN12. The Morgan fingerprint density at radius 2 is 1.58 bits per heavy atom. The second-order valence-corrected chi connectivity index (χ2v) is 8.67. The number of ether oxygens (including phenoxy) is 1. The summed E-state index contributed by atoms with van der Waals surface area (Å²) >= 11 is 0. The van der Waals surface area contributed by atoms with Gasteiger partial charge in [-0.3, -0.25) is 0 Å². The van der Waals surface area contributed by atoms with E-state index in [1.807, 2.05) is 60.7 Å². The van der Waals surface area contributed by atoms with Gasteiger partial charge in [0.05, 0.1) is 5.75 Å². The summed E-state index contributed by atoms with van der Waals surface area (Å²) in [5.41, 5.74) is 2.10. The van der Waals surface area contributed by atoms with Gasteiger partial charge in [0, 0.05) is 6.54 Å². The first-order valence-electron chi connectivity index (χ1n) is 8.55. The molecule has 2 aromatic carbocycles. The quantitative estimate of drug-likeness (QED) is 0.776. The van der Waals surface area contributed by atoms with Gasteiger partial charge >= 0.3 is 5.97 Å². The Bertz CT molecular complexity index is 899. The first-order chi connectivity index (χ1) is 12.6. The van der Waals surface area contributed by atoms with Crippen molar-refractivity contribution in [3.05, 3.63) is 83.6 Å². The molecule has 4 rings (SSSR count). The smallest absolute Gasteiger partial charge is 0.355 e. The lowest BCUT2D eigenvalue weighted by Crippen LogP contribution is -2.55. The Hall–Kier alpha value is -2.60. The number of esters is 1. The van der Waals surface area contributed by atoms with Crippen LogP contribution in [0.5, 0.6) is 0 Å². The molecule has 2 heterocycles. The van der Waals surface area contributed by atoms with E-state index in [0.29, 0.717) is 18.7 Å². The maximum absolute atomic E-state index is 12.8. The number of hydrogen-bond acceptors (Lipinski definition) is 5. The van der Waals surface area contributed by atoms with E-state index in [1.165, 1.54) is 6.08 Å². The van der Waals surface area contributed by atoms with Crippen molar-refractivity contribution < 1.29 is 17.9 Å². The first kappa shape index (κ1) is 16.8. The van der Waals surface area contributed by atoms with Crippen LogP contribution >= 0.6 is 0 Å². The summed E-state index contributed by atoms with van der Waals surface area (Å²) in [5, 5.41) is -0.582. The zero-order chi connectivity index (χ0) is 18.1. The second-order valence-electron chi connectivity index (χ2n) is 6.46. The van der Waals surface area contributed by atoms with Crippen LogP contribution in [0.1, 0.15) is 23.7 Å². The van der Waals surface area contributed by atoms with Crippen LogP contribution in [0.15, 0.2) is 72.4 Å². The van der Waals surface area contributed by atoms with Crippen molar-refractivity contribution in [1.29, 1.82) is 0 Å². The molecule has 26 heavy (non-hydrogen) atoms. The topological polar surface area (TPSA) is 63.7 Å². The van der Waals surface area contributed by atoms with Crippen molar-refractivity contribution in [3.8, 4) is 0 Å². The highest BCUT2D eigenvalue weighted by molar-refractivity contribution is 7.92.